The summed E-state index contributed by atoms with van der Waals surface area (Å²) in [7, 11) is 1.34. The fraction of sp³-hybridized carbons (Fsp3) is 0.368. The third-order valence-electron chi connectivity index (χ3n) is 4.81. The van der Waals surface area contributed by atoms with Crippen LogP contribution >= 0.6 is 0 Å². The van der Waals surface area contributed by atoms with Gasteiger partial charge in [0.1, 0.15) is 17.4 Å². The maximum absolute atomic E-state index is 12.9. The normalized spacial score (nSPS) is 21.3. The molecule has 0 radical (unpaired) electrons. The summed E-state index contributed by atoms with van der Waals surface area (Å²) in [5.41, 5.74) is 6.24. The fourth-order valence-electron chi connectivity index (χ4n) is 3.65. The minimum atomic E-state index is -0.799. The number of carbonyl (C=O) groups excluding carboxylic acids is 1. The van der Waals surface area contributed by atoms with Crippen LogP contribution in [0.1, 0.15) is 38.2 Å². The van der Waals surface area contributed by atoms with E-state index in [2.05, 4.69) is 0 Å². The molecule has 1 atom stereocenters. The molecule has 8 heteroatoms. The number of ketones is 1. The molecule has 0 bridgehead atoms. The summed E-state index contributed by atoms with van der Waals surface area (Å²) in [4.78, 5) is 23.7. The Kier molecular flexibility index (Phi) is 4.39. The minimum Gasteiger partial charge on any atom is -0.490 e. The van der Waals surface area contributed by atoms with Crippen LogP contribution in [0.4, 0.5) is 5.69 Å². The van der Waals surface area contributed by atoms with Crippen molar-refractivity contribution >= 4 is 11.5 Å². The van der Waals surface area contributed by atoms with Crippen molar-refractivity contribution in [3.8, 4) is 11.8 Å². The van der Waals surface area contributed by atoms with E-state index in [-0.39, 0.29) is 34.1 Å². The van der Waals surface area contributed by atoms with Gasteiger partial charge in [0.25, 0.3) is 0 Å². The Morgan fingerprint density at radius 2 is 2.11 bits per heavy atom. The number of methoxy groups -OCH3 is 1. The highest BCUT2D eigenvalue weighted by molar-refractivity contribution is 6.00. The van der Waals surface area contributed by atoms with Crippen LogP contribution in [-0.2, 0) is 9.53 Å². The first-order chi connectivity index (χ1) is 12.7. The molecule has 2 aliphatic rings. The van der Waals surface area contributed by atoms with Crippen molar-refractivity contribution in [3.05, 3.63) is 56.7 Å². The average molecular weight is 369 g/mol. The Morgan fingerprint density at radius 3 is 2.70 bits per heavy atom. The zero-order chi connectivity index (χ0) is 19.9. The summed E-state index contributed by atoms with van der Waals surface area (Å²) in [6.45, 7) is 3.90. The smallest absolute Gasteiger partial charge is 0.311 e. The van der Waals surface area contributed by atoms with Gasteiger partial charge in [0.15, 0.2) is 11.5 Å². The number of hydrogen-bond acceptors (Lipinski definition) is 7. The number of nitrogens with two attached hydrogens (primary N) is 1. The first kappa shape index (κ1) is 18.5. The van der Waals surface area contributed by atoms with E-state index in [4.69, 9.17) is 15.2 Å². The van der Waals surface area contributed by atoms with Gasteiger partial charge in [-0.2, -0.15) is 5.26 Å². The summed E-state index contributed by atoms with van der Waals surface area (Å²) in [5, 5.41) is 21.0. The lowest BCUT2D eigenvalue weighted by molar-refractivity contribution is -0.385. The van der Waals surface area contributed by atoms with Crippen LogP contribution in [0.5, 0.6) is 5.75 Å². The van der Waals surface area contributed by atoms with E-state index in [1.54, 1.807) is 6.07 Å². The summed E-state index contributed by atoms with van der Waals surface area (Å²) in [6, 6.07) is 6.36. The van der Waals surface area contributed by atoms with E-state index in [0.29, 0.717) is 29.7 Å². The molecule has 1 aromatic rings. The van der Waals surface area contributed by atoms with Crippen LogP contribution in [-0.4, -0.2) is 17.8 Å². The summed E-state index contributed by atoms with van der Waals surface area (Å²) in [6.07, 6.45) is 0.783. The second-order valence-electron chi connectivity index (χ2n) is 7.39. The van der Waals surface area contributed by atoms with Gasteiger partial charge in [-0.1, -0.05) is 19.9 Å². The standard InChI is InChI=1S/C19H19N3O5/c1-19(2)7-13(23)17-15(8-19)27-18(21)11(9-20)16(17)10-4-5-14(26-3)12(6-10)22(24)25/h4-6,16H,7-8,21H2,1-3H3/t16-/m0/s1. The van der Waals surface area contributed by atoms with Crippen molar-refractivity contribution < 1.29 is 19.2 Å². The number of Topliss-reactive ketones (excluding diaryl/α,β-unsaturated/α-hetero) is 1. The first-order valence-electron chi connectivity index (χ1n) is 8.34. The molecule has 27 heavy (non-hydrogen) atoms. The second-order valence-corrected chi connectivity index (χ2v) is 7.39. The molecular weight excluding hydrogens is 350 g/mol. The Labute approximate surface area is 156 Å². The highest BCUT2D eigenvalue weighted by Crippen LogP contribution is 2.48. The number of benzene rings is 1. The molecule has 0 fully saturated rings. The van der Waals surface area contributed by atoms with Crippen LogP contribution < -0.4 is 10.5 Å². The molecule has 8 nitrogen and oxygen atoms in total. The Hall–Kier alpha value is -3.34. The number of hydrogen-bond donors (Lipinski definition) is 1. The molecule has 1 heterocycles. The Balaban J connectivity index is 2.22. The number of nitro benzene ring substituents is 1. The van der Waals surface area contributed by atoms with Gasteiger partial charge in [-0.05, 0) is 17.0 Å². The number of nitriles is 1. The quantitative estimate of drug-likeness (QED) is 0.640. The summed E-state index contributed by atoms with van der Waals surface area (Å²) < 4.78 is 10.6. The van der Waals surface area contributed by atoms with E-state index in [1.165, 1.54) is 19.2 Å². The molecule has 0 saturated heterocycles. The van der Waals surface area contributed by atoms with Gasteiger partial charge < -0.3 is 15.2 Å². The minimum absolute atomic E-state index is 0.0706. The van der Waals surface area contributed by atoms with Gasteiger partial charge in [-0.25, -0.2) is 0 Å². The van der Waals surface area contributed by atoms with Crippen LogP contribution in [0, 0.1) is 26.9 Å². The monoisotopic (exact) mass is 369 g/mol. The SMILES string of the molecule is COc1ccc([C@H]2C(C#N)=C(N)OC3=C2C(=O)CC(C)(C)C3)cc1[N+](=O)[O-]. The van der Waals surface area contributed by atoms with Crippen LogP contribution in [0.3, 0.4) is 0 Å². The lowest BCUT2D eigenvalue weighted by atomic mass is 9.70. The van der Waals surface area contributed by atoms with Gasteiger partial charge in [0.05, 0.1) is 18.0 Å². The summed E-state index contributed by atoms with van der Waals surface area (Å²) >= 11 is 0. The molecule has 0 spiro atoms. The topological polar surface area (TPSA) is 128 Å². The van der Waals surface area contributed by atoms with Crippen molar-refractivity contribution in [2.24, 2.45) is 11.1 Å². The molecule has 0 amide bonds. The molecule has 0 aromatic heterocycles. The maximum atomic E-state index is 12.9. The zero-order valence-corrected chi connectivity index (χ0v) is 15.2. The number of allylic oxidation sites excluding steroid dienone is 3. The molecule has 2 N–H and O–H groups in total. The van der Waals surface area contributed by atoms with E-state index < -0.39 is 10.8 Å². The fourth-order valence-corrected chi connectivity index (χ4v) is 3.65. The number of carbonyl (C=O) groups is 1. The molecule has 1 aliphatic carbocycles. The number of rotatable bonds is 3. The summed E-state index contributed by atoms with van der Waals surface area (Å²) in [5.74, 6) is -0.505. The predicted molar refractivity (Wildman–Crippen MR) is 95.3 cm³/mol. The van der Waals surface area contributed by atoms with E-state index in [9.17, 15) is 20.2 Å². The molecule has 1 aliphatic heterocycles. The zero-order valence-electron chi connectivity index (χ0n) is 15.2. The van der Waals surface area contributed by atoms with Crippen molar-refractivity contribution in [3.63, 3.8) is 0 Å². The third-order valence-corrected chi connectivity index (χ3v) is 4.81. The number of nitrogens with zero attached hydrogens (tertiary/aromatic N) is 2. The predicted octanol–water partition coefficient (Wildman–Crippen LogP) is 3.05. The van der Waals surface area contributed by atoms with Crippen LogP contribution in [0.25, 0.3) is 0 Å². The molecule has 1 aromatic carbocycles. The Morgan fingerprint density at radius 1 is 1.41 bits per heavy atom. The van der Waals surface area contributed by atoms with Crippen LogP contribution in [0.15, 0.2) is 41.0 Å². The molecule has 0 unspecified atom stereocenters. The van der Waals surface area contributed by atoms with Crippen molar-refractivity contribution in [1.82, 2.24) is 0 Å². The molecular formula is C19H19N3O5. The molecule has 3 rings (SSSR count). The number of ether oxygens (including phenoxy) is 2. The molecule has 140 valence electrons. The van der Waals surface area contributed by atoms with Crippen molar-refractivity contribution in [1.29, 1.82) is 5.26 Å². The van der Waals surface area contributed by atoms with E-state index >= 15 is 0 Å². The highest BCUT2D eigenvalue weighted by Gasteiger charge is 2.43. The van der Waals surface area contributed by atoms with Gasteiger partial charge in [0.2, 0.25) is 5.88 Å². The number of nitro groups is 1. The lowest BCUT2D eigenvalue weighted by Gasteiger charge is -2.37. The first-order valence-corrected chi connectivity index (χ1v) is 8.34. The average Bonchev–Trinajstić information content (AvgIpc) is 2.58. The van der Waals surface area contributed by atoms with Crippen molar-refractivity contribution in [2.45, 2.75) is 32.6 Å². The second kappa shape index (κ2) is 6.43. The Bertz CT molecular complexity index is 953. The maximum Gasteiger partial charge on any atom is 0.311 e. The van der Waals surface area contributed by atoms with Crippen molar-refractivity contribution in [2.75, 3.05) is 7.11 Å². The largest absolute Gasteiger partial charge is 0.490 e. The van der Waals surface area contributed by atoms with E-state index in [1.807, 2.05) is 19.9 Å². The molecule has 0 saturated carbocycles. The van der Waals surface area contributed by atoms with Gasteiger partial charge in [0, 0.05) is 24.5 Å². The van der Waals surface area contributed by atoms with Gasteiger partial charge >= 0.3 is 5.69 Å². The lowest BCUT2D eigenvalue weighted by Crippen LogP contribution is -2.33. The van der Waals surface area contributed by atoms with Gasteiger partial charge in [-0.15, -0.1) is 0 Å². The van der Waals surface area contributed by atoms with E-state index in [0.717, 1.165) is 0 Å². The van der Waals surface area contributed by atoms with Crippen LogP contribution in [0.2, 0.25) is 0 Å². The highest BCUT2D eigenvalue weighted by atomic mass is 16.6. The van der Waals surface area contributed by atoms with Gasteiger partial charge in [-0.3, -0.25) is 14.9 Å². The third kappa shape index (κ3) is 3.12.